The van der Waals surface area contributed by atoms with Crippen LogP contribution in [0.2, 0.25) is 0 Å². The summed E-state index contributed by atoms with van der Waals surface area (Å²) in [5, 5.41) is 16.4. The molecule has 2 atom stereocenters. The molecule has 2 aromatic rings. The number of ether oxygens (including phenoxy) is 2. The van der Waals surface area contributed by atoms with E-state index in [4.69, 9.17) is 14.7 Å². The van der Waals surface area contributed by atoms with Crippen molar-refractivity contribution in [3.63, 3.8) is 0 Å². The fourth-order valence-corrected chi connectivity index (χ4v) is 3.43. The van der Waals surface area contributed by atoms with Crippen LogP contribution >= 0.6 is 0 Å². The van der Waals surface area contributed by atoms with Crippen molar-refractivity contribution in [2.45, 2.75) is 39.0 Å². The Kier molecular flexibility index (Phi) is 4.96. The number of nitriles is 1. The molecule has 0 spiro atoms. The molecule has 1 aromatic carbocycles. The first kappa shape index (κ1) is 18.0. The van der Waals surface area contributed by atoms with Gasteiger partial charge < -0.3 is 14.8 Å². The highest BCUT2D eigenvalue weighted by atomic mass is 16.5. The third-order valence-corrected chi connectivity index (χ3v) is 4.56. The van der Waals surface area contributed by atoms with Gasteiger partial charge in [-0.15, -0.1) is 0 Å². The van der Waals surface area contributed by atoms with Crippen LogP contribution in [0, 0.1) is 11.3 Å². The molecule has 1 aliphatic heterocycles. The average molecular weight is 354 g/mol. The molecule has 1 aromatic heterocycles. The molecule has 0 unspecified atom stereocenters. The first-order chi connectivity index (χ1) is 12.4. The van der Waals surface area contributed by atoms with E-state index in [0.29, 0.717) is 30.0 Å². The summed E-state index contributed by atoms with van der Waals surface area (Å²) in [7, 11) is 3.35. The van der Waals surface area contributed by atoms with Crippen LogP contribution in [0.1, 0.15) is 52.8 Å². The van der Waals surface area contributed by atoms with Crippen LogP contribution < -0.4 is 10.1 Å². The SMILES string of the molecule is COc1cc(CNC(=O)c2nn(C)c3c2C[C@H](C)O[C@@H]3C)ccc1C#N. The number of benzene rings is 1. The number of nitrogens with one attached hydrogen (secondary N) is 1. The maximum absolute atomic E-state index is 12.7. The van der Waals surface area contributed by atoms with E-state index in [1.807, 2.05) is 20.9 Å². The maximum Gasteiger partial charge on any atom is 0.272 e. The summed E-state index contributed by atoms with van der Waals surface area (Å²) in [4.78, 5) is 12.7. The summed E-state index contributed by atoms with van der Waals surface area (Å²) in [6.07, 6.45) is 0.632. The van der Waals surface area contributed by atoms with Gasteiger partial charge in [-0.1, -0.05) is 6.07 Å². The van der Waals surface area contributed by atoms with E-state index >= 15 is 0 Å². The van der Waals surface area contributed by atoms with Crippen molar-refractivity contribution in [2.24, 2.45) is 7.05 Å². The highest BCUT2D eigenvalue weighted by Crippen LogP contribution is 2.31. The molecular formula is C19H22N4O3. The number of carbonyl (C=O) groups is 1. The lowest BCUT2D eigenvalue weighted by atomic mass is 9.99. The topological polar surface area (TPSA) is 89.2 Å². The molecule has 1 aliphatic rings. The number of methoxy groups -OCH3 is 1. The number of fused-ring (bicyclic) bond motifs is 1. The van der Waals surface area contributed by atoms with Crippen LogP contribution in [0.3, 0.4) is 0 Å². The third kappa shape index (κ3) is 3.28. The molecule has 1 N–H and O–H groups in total. The van der Waals surface area contributed by atoms with Gasteiger partial charge in [-0.05, 0) is 31.5 Å². The molecule has 7 nitrogen and oxygen atoms in total. The fraction of sp³-hybridized carbons (Fsp3) is 0.421. The van der Waals surface area contributed by atoms with Gasteiger partial charge in [-0.25, -0.2) is 0 Å². The van der Waals surface area contributed by atoms with Gasteiger partial charge in [0, 0.05) is 25.6 Å². The number of hydrogen-bond acceptors (Lipinski definition) is 5. The van der Waals surface area contributed by atoms with E-state index in [1.54, 1.807) is 22.9 Å². The molecule has 0 bridgehead atoms. The lowest BCUT2D eigenvalue weighted by Gasteiger charge is -2.26. The Hall–Kier alpha value is -2.85. The average Bonchev–Trinajstić information content (AvgIpc) is 2.96. The van der Waals surface area contributed by atoms with Crippen LogP contribution in [-0.4, -0.2) is 28.9 Å². The van der Waals surface area contributed by atoms with Gasteiger partial charge in [-0.3, -0.25) is 9.48 Å². The second-order valence-corrected chi connectivity index (χ2v) is 6.46. The number of aromatic nitrogens is 2. The van der Waals surface area contributed by atoms with E-state index in [1.165, 1.54) is 7.11 Å². The zero-order valence-electron chi connectivity index (χ0n) is 15.4. The summed E-state index contributed by atoms with van der Waals surface area (Å²) < 4.78 is 12.8. The quantitative estimate of drug-likeness (QED) is 0.910. The van der Waals surface area contributed by atoms with Crippen LogP contribution in [0.5, 0.6) is 5.75 Å². The van der Waals surface area contributed by atoms with E-state index in [2.05, 4.69) is 16.5 Å². The molecule has 0 aliphatic carbocycles. The Morgan fingerprint density at radius 2 is 2.27 bits per heavy atom. The Balaban J connectivity index is 1.78. The van der Waals surface area contributed by atoms with E-state index in [9.17, 15) is 4.79 Å². The monoisotopic (exact) mass is 354 g/mol. The van der Waals surface area contributed by atoms with Gasteiger partial charge in [0.05, 0.1) is 30.6 Å². The normalized spacial score (nSPS) is 18.7. The van der Waals surface area contributed by atoms with Gasteiger partial charge in [0.25, 0.3) is 5.91 Å². The summed E-state index contributed by atoms with van der Waals surface area (Å²) in [6, 6.07) is 7.31. The zero-order chi connectivity index (χ0) is 18.8. The Bertz CT molecular complexity index is 882. The highest BCUT2D eigenvalue weighted by molar-refractivity contribution is 5.94. The molecule has 0 saturated heterocycles. The second kappa shape index (κ2) is 7.18. The lowest BCUT2D eigenvalue weighted by molar-refractivity contribution is -0.00903. The van der Waals surface area contributed by atoms with Gasteiger partial charge in [0.1, 0.15) is 11.8 Å². The number of rotatable bonds is 4. The first-order valence-corrected chi connectivity index (χ1v) is 8.51. The lowest BCUT2D eigenvalue weighted by Crippen LogP contribution is -2.27. The molecule has 0 saturated carbocycles. The molecule has 7 heteroatoms. The van der Waals surface area contributed by atoms with Crippen molar-refractivity contribution in [2.75, 3.05) is 7.11 Å². The standard InChI is InChI=1S/C19H22N4O3/c1-11-7-15-17(22-23(3)18(15)12(2)26-11)19(24)21-10-13-5-6-14(9-20)16(8-13)25-4/h5-6,8,11-12H,7,10H2,1-4H3,(H,21,24)/t11-,12+/m0/s1. The smallest absolute Gasteiger partial charge is 0.272 e. The number of aryl methyl sites for hydroxylation is 1. The predicted molar refractivity (Wildman–Crippen MR) is 94.8 cm³/mol. The maximum atomic E-state index is 12.7. The molecule has 0 fully saturated rings. The Labute approximate surface area is 152 Å². The van der Waals surface area contributed by atoms with Gasteiger partial charge in [-0.2, -0.15) is 10.4 Å². The molecule has 136 valence electrons. The largest absolute Gasteiger partial charge is 0.495 e. The van der Waals surface area contributed by atoms with Crippen LogP contribution in [0.25, 0.3) is 0 Å². The van der Waals surface area contributed by atoms with Gasteiger partial charge in [0.2, 0.25) is 0 Å². The van der Waals surface area contributed by atoms with E-state index in [0.717, 1.165) is 16.8 Å². The minimum Gasteiger partial charge on any atom is -0.495 e. The van der Waals surface area contributed by atoms with Crippen LogP contribution in [0.15, 0.2) is 18.2 Å². The van der Waals surface area contributed by atoms with E-state index in [-0.39, 0.29) is 18.1 Å². The van der Waals surface area contributed by atoms with Crippen molar-refractivity contribution in [3.05, 3.63) is 46.3 Å². The zero-order valence-corrected chi connectivity index (χ0v) is 15.4. The summed E-state index contributed by atoms with van der Waals surface area (Å²) in [5.74, 6) is 0.278. The van der Waals surface area contributed by atoms with Crippen LogP contribution in [-0.2, 0) is 24.8 Å². The fourth-order valence-electron chi connectivity index (χ4n) is 3.43. The molecule has 0 radical (unpaired) electrons. The molecular weight excluding hydrogens is 332 g/mol. The summed E-state index contributed by atoms with van der Waals surface area (Å²) in [5.41, 5.74) is 3.67. The Morgan fingerprint density at radius 3 is 2.96 bits per heavy atom. The molecule has 26 heavy (non-hydrogen) atoms. The minimum atomic E-state index is -0.216. The number of nitrogens with zero attached hydrogens (tertiary/aromatic N) is 3. The third-order valence-electron chi connectivity index (χ3n) is 4.56. The van der Waals surface area contributed by atoms with Crippen molar-refractivity contribution >= 4 is 5.91 Å². The minimum absolute atomic E-state index is 0.0519. The predicted octanol–water partition coefficient (Wildman–Crippen LogP) is 2.25. The van der Waals surface area contributed by atoms with Gasteiger partial charge >= 0.3 is 0 Å². The van der Waals surface area contributed by atoms with Gasteiger partial charge in [0.15, 0.2) is 5.69 Å². The summed E-state index contributed by atoms with van der Waals surface area (Å²) in [6.45, 7) is 4.30. The van der Waals surface area contributed by atoms with Crippen molar-refractivity contribution in [3.8, 4) is 11.8 Å². The number of hydrogen-bond donors (Lipinski definition) is 1. The summed E-state index contributed by atoms with van der Waals surface area (Å²) >= 11 is 0. The molecule has 3 rings (SSSR count). The van der Waals surface area contributed by atoms with Crippen molar-refractivity contribution in [1.82, 2.24) is 15.1 Å². The first-order valence-electron chi connectivity index (χ1n) is 8.51. The molecule has 1 amide bonds. The van der Waals surface area contributed by atoms with E-state index < -0.39 is 0 Å². The van der Waals surface area contributed by atoms with Crippen molar-refractivity contribution in [1.29, 1.82) is 5.26 Å². The number of amides is 1. The number of carbonyl (C=O) groups excluding carboxylic acids is 1. The highest BCUT2D eigenvalue weighted by Gasteiger charge is 2.31. The van der Waals surface area contributed by atoms with Crippen LogP contribution in [0.4, 0.5) is 0 Å². The molecule has 2 heterocycles. The second-order valence-electron chi connectivity index (χ2n) is 6.46. The van der Waals surface area contributed by atoms with Crippen molar-refractivity contribution < 1.29 is 14.3 Å². The Morgan fingerprint density at radius 1 is 1.50 bits per heavy atom.